The lowest BCUT2D eigenvalue weighted by Crippen LogP contribution is -2.21. The molecule has 15 heavy (non-hydrogen) atoms. The number of hydrogen-bond acceptors (Lipinski definition) is 2. The van der Waals surface area contributed by atoms with Crippen molar-refractivity contribution in [2.75, 3.05) is 0 Å². The van der Waals surface area contributed by atoms with Gasteiger partial charge in [-0.3, -0.25) is 9.78 Å². The Kier molecular flexibility index (Phi) is 3.45. The van der Waals surface area contributed by atoms with Crippen LogP contribution < -0.4 is 5.32 Å². The van der Waals surface area contributed by atoms with Crippen molar-refractivity contribution in [2.45, 2.75) is 39.7 Å². The minimum Gasteiger partial charge on any atom is -0.351 e. The Morgan fingerprint density at radius 1 is 1.40 bits per heavy atom. The van der Waals surface area contributed by atoms with Crippen LogP contribution in [-0.4, -0.2) is 10.9 Å². The van der Waals surface area contributed by atoms with E-state index in [4.69, 9.17) is 0 Å². The maximum atomic E-state index is 10.8. The van der Waals surface area contributed by atoms with Gasteiger partial charge in [0.25, 0.3) is 0 Å². The van der Waals surface area contributed by atoms with Crippen molar-refractivity contribution in [2.24, 2.45) is 0 Å². The van der Waals surface area contributed by atoms with Gasteiger partial charge < -0.3 is 5.32 Å². The van der Waals surface area contributed by atoms with Crippen LogP contribution >= 0.6 is 0 Å². The molecule has 3 heteroatoms. The van der Waals surface area contributed by atoms with E-state index in [1.165, 1.54) is 6.92 Å². The second-order valence-corrected chi connectivity index (χ2v) is 4.67. The van der Waals surface area contributed by atoms with E-state index in [-0.39, 0.29) is 11.3 Å². The number of carbonyl (C=O) groups is 1. The van der Waals surface area contributed by atoms with Gasteiger partial charge in [-0.1, -0.05) is 26.8 Å². The second kappa shape index (κ2) is 4.43. The van der Waals surface area contributed by atoms with Crippen molar-refractivity contribution in [3.63, 3.8) is 0 Å². The molecule has 82 valence electrons. The molecular weight excluding hydrogens is 188 g/mol. The van der Waals surface area contributed by atoms with E-state index in [2.05, 4.69) is 31.1 Å². The van der Waals surface area contributed by atoms with Crippen molar-refractivity contribution < 1.29 is 4.79 Å². The predicted molar refractivity (Wildman–Crippen MR) is 60.5 cm³/mol. The first-order valence-corrected chi connectivity index (χ1v) is 5.10. The average molecular weight is 206 g/mol. The zero-order valence-electron chi connectivity index (χ0n) is 9.79. The molecule has 3 nitrogen and oxygen atoms in total. The number of amides is 1. The maximum Gasteiger partial charge on any atom is 0.217 e. The minimum atomic E-state index is -0.0297. The van der Waals surface area contributed by atoms with Crippen molar-refractivity contribution in [3.05, 3.63) is 29.6 Å². The van der Waals surface area contributed by atoms with E-state index in [0.29, 0.717) is 6.54 Å². The number of rotatable bonds is 2. The summed E-state index contributed by atoms with van der Waals surface area (Å²) in [5, 5.41) is 2.74. The molecule has 1 heterocycles. The highest BCUT2D eigenvalue weighted by Gasteiger charge is 2.15. The smallest absolute Gasteiger partial charge is 0.217 e. The molecule has 0 bridgehead atoms. The van der Waals surface area contributed by atoms with E-state index in [1.807, 2.05) is 18.2 Å². The van der Waals surface area contributed by atoms with Crippen LogP contribution in [0.4, 0.5) is 0 Å². The molecule has 1 aromatic rings. The highest BCUT2D eigenvalue weighted by atomic mass is 16.1. The molecule has 0 unspecified atom stereocenters. The lowest BCUT2D eigenvalue weighted by molar-refractivity contribution is -0.119. The highest BCUT2D eigenvalue weighted by molar-refractivity contribution is 5.72. The quantitative estimate of drug-likeness (QED) is 0.804. The molecule has 1 amide bonds. The molecule has 0 saturated heterocycles. The summed E-state index contributed by atoms with van der Waals surface area (Å²) in [6, 6.07) is 5.91. The third-order valence-corrected chi connectivity index (χ3v) is 2.09. The number of nitrogens with zero attached hydrogens (tertiary/aromatic N) is 1. The van der Waals surface area contributed by atoms with Crippen LogP contribution in [0, 0.1) is 0 Å². The molecule has 1 N–H and O–H groups in total. The summed E-state index contributed by atoms with van der Waals surface area (Å²) < 4.78 is 0. The van der Waals surface area contributed by atoms with Gasteiger partial charge in [0.2, 0.25) is 5.91 Å². The van der Waals surface area contributed by atoms with Crippen LogP contribution in [0.25, 0.3) is 0 Å². The first-order valence-electron chi connectivity index (χ1n) is 5.10. The van der Waals surface area contributed by atoms with Crippen molar-refractivity contribution in [3.8, 4) is 0 Å². The number of pyridine rings is 1. The van der Waals surface area contributed by atoms with Crippen molar-refractivity contribution in [1.29, 1.82) is 0 Å². The Labute approximate surface area is 90.9 Å². The molecule has 0 aromatic carbocycles. The summed E-state index contributed by atoms with van der Waals surface area (Å²) in [6.45, 7) is 8.37. The van der Waals surface area contributed by atoms with E-state index < -0.39 is 0 Å². The fourth-order valence-electron chi connectivity index (χ4n) is 1.21. The van der Waals surface area contributed by atoms with Gasteiger partial charge in [0, 0.05) is 18.0 Å². The molecule has 0 fully saturated rings. The third kappa shape index (κ3) is 3.70. The molecule has 0 aliphatic carbocycles. The lowest BCUT2D eigenvalue weighted by atomic mass is 9.91. The average Bonchev–Trinajstić information content (AvgIpc) is 2.14. The van der Waals surface area contributed by atoms with Crippen molar-refractivity contribution in [1.82, 2.24) is 10.3 Å². The van der Waals surface area contributed by atoms with Gasteiger partial charge in [0.15, 0.2) is 0 Å². The van der Waals surface area contributed by atoms with E-state index >= 15 is 0 Å². The van der Waals surface area contributed by atoms with E-state index in [9.17, 15) is 4.79 Å². The molecule has 0 saturated carbocycles. The molecule has 0 aliphatic heterocycles. The van der Waals surface area contributed by atoms with Gasteiger partial charge in [0.1, 0.15) is 0 Å². The summed E-state index contributed by atoms with van der Waals surface area (Å²) in [4.78, 5) is 15.3. The molecule has 0 radical (unpaired) electrons. The summed E-state index contributed by atoms with van der Waals surface area (Å²) in [5.74, 6) is -0.0297. The molecule has 1 rings (SSSR count). The highest BCUT2D eigenvalue weighted by Crippen LogP contribution is 2.19. The Morgan fingerprint density at radius 3 is 2.60 bits per heavy atom. The fourth-order valence-corrected chi connectivity index (χ4v) is 1.21. The summed E-state index contributed by atoms with van der Waals surface area (Å²) in [5.41, 5.74) is 2.00. The van der Waals surface area contributed by atoms with Crippen LogP contribution in [0.2, 0.25) is 0 Å². The monoisotopic (exact) mass is 206 g/mol. The largest absolute Gasteiger partial charge is 0.351 e. The summed E-state index contributed by atoms with van der Waals surface area (Å²) >= 11 is 0. The Balaban J connectivity index is 2.79. The van der Waals surface area contributed by atoms with Crippen LogP contribution in [0.1, 0.15) is 39.1 Å². The Morgan fingerprint density at radius 2 is 2.07 bits per heavy atom. The van der Waals surface area contributed by atoms with Gasteiger partial charge in [0.05, 0.1) is 12.2 Å². The first-order chi connectivity index (χ1) is 6.89. The van der Waals surface area contributed by atoms with Gasteiger partial charge in [-0.05, 0) is 12.1 Å². The van der Waals surface area contributed by atoms with Crippen LogP contribution in [0.15, 0.2) is 18.2 Å². The standard InChI is InChI=1S/C12H18N2O/c1-9(15)13-8-10-6-5-7-11(14-10)12(2,3)4/h5-7H,8H2,1-4H3,(H,13,15). The minimum absolute atomic E-state index is 0.0297. The molecule has 0 spiro atoms. The van der Waals surface area contributed by atoms with Crippen LogP contribution in [0.5, 0.6) is 0 Å². The SMILES string of the molecule is CC(=O)NCc1cccc(C(C)(C)C)n1. The van der Waals surface area contributed by atoms with Gasteiger partial charge in [-0.25, -0.2) is 0 Å². The summed E-state index contributed by atoms with van der Waals surface area (Å²) in [7, 11) is 0. The maximum absolute atomic E-state index is 10.8. The zero-order chi connectivity index (χ0) is 11.5. The number of aromatic nitrogens is 1. The van der Waals surface area contributed by atoms with Crippen LogP contribution in [-0.2, 0) is 16.8 Å². The molecule has 0 atom stereocenters. The number of hydrogen-bond donors (Lipinski definition) is 1. The molecule has 0 aliphatic rings. The molecule has 1 aromatic heterocycles. The Hall–Kier alpha value is -1.38. The van der Waals surface area contributed by atoms with Gasteiger partial charge in [-0.2, -0.15) is 0 Å². The van der Waals surface area contributed by atoms with Gasteiger partial charge in [-0.15, -0.1) is 0 Å². The lowest BCUT2D eigenvalue weighted by Gasteiger charge is -2.18. The van der Waals surface area contributed by atoms with Crippen molar-refractivity contribution >= 4 is 5.91 Å². The number of carbonyl (C=O) groups excluding carboxylic acids is 1. The van der Waals surface area contributed by atoms with E-state index in [0.717, 1.165) is 11.4 Å². The normalized spacial score (nSPS) is 11.2. The topological polar surface area (TPSA) is 42.0 Å². The number of nitrogens with one attached hydrogen (secondary N) is 1. The predicted octanol–water partition coefficient (Wildman–Crippen LogP) is 2.02. The zero-order valence-corrected chi connectivity index (χ0v) is 9.79. The van der Waals surface area contributed by atoms with Crippen LogP contribution in [0.3, 0.4) is 0 Å². The summed E-state index contributed by atoms with van der Waals surface area (Å²) in [6.07, 6.45) is 0. The Bertz CT molecular complexity index is 353. The van der Waals surface area contributed by atoms with E-state index in [1.54, 1.807) is 0 Å². The first kappa shape index (κ1) is 11.7. The molecular formula is C12H18N2O. The van der Waals surface area contributed by atoms with Gasteiger partial charge >= 0.3 is 0 Å². The fraction of sp³-hybridized carbons (Fsp3) is 0.500. The third-order valence-electron chi connectivity index (χ3n) is 2.09. The second-order valence-electron chi connectivity index (χ2n) is 4.67.